The molecule has 19 heavy (non-hydrogen) atoms. The molecule has 0 spiro atoms. The summed E-state index contributed by atoms with van der Waals surface area (Å²) in [7, 11) is 1.58. The maximum absolute atomic E-state index is 11.7. The molecule has 1 fully saturated rings. The number of amides is 2. The Morgan fingerprint density at radius 1 is 1.42 bits per heavy atom. The van der Waals surface area contributed by atoms with E-state index in [1.807, 2.05) is 0 Å². The summed E-state index contributed by atoms with van der Waals surface area (Å²) < 4.78 is 9.88. The first-order valence-electron chi connectivity index (χ1n) is 6.41. The van der Waals surface area contributed by atoms with Gasteiger partial charge in [-0.1, -0.05) is 0 Å². The van der Waals surface area contributed by atoms with Crippen LogP contribution in [-0.2, 0) is 14.3 Å². The fraction of sp³-hybridized carbons (Fsp3) is 0.833. The van der Waals surface area contributed by atoms with Gasteiger partial charge in [-0.15, -0.1) is 0 Å². The normalized spacial score (nSPS) is 17.6. The Morgan fingerprint density at radius 3 is 2.63 bits per heavy atom. The first kappa shape index (κ1) is 15.7. The topological polar surface area (TPSA) is 88.1 Å². The molecule has 1 heterocycles. The SMILES string of the molecule is CCOC(=O)CNC(=O)N(C)CC1(O)CCOCC1. The average molecular weight is 274 g/mol. The van der Waals surface area contributed by atoms with Crippen LogP contribution in [0.25, 0.3) is 0 Å². The van der Waals surface area contributed by atoms with Gasteiger partial charge in [0.25, 0.3) is 0 Å². The standard InChI is InChI=1S/C12H22N2O5/c1-3-19-10(15)8-13-11(16)14(2)9-12(17)4-6-18-7-5-12/h17H,3-9H2,1-2H3,(H,13,16). The summed E-state index contributed by atoms with van der Waals surface area (Å²) in [5.41, 5.74) is -0.908. The van der Waals surface area contributed by atoms with Crippen LogP contribution >= 0.6 is 0 Å². The van der Waals surface area contributed by atoms with Crippen molar-refractivity contribution in [3.8, 4) is 0 Å². The average Bonchev–Trinajstić information content (AvgIpc) is 2.36. The fourth-order valence-corrected chi connectivity index (χ4v) is 1.92. The van der Waals surface area contributed by atoms with Gasteiger partial charge >= 0.3 is 12.0 Å². The van der Waals surface area contributed by atoms with E-state index in [1.54, 1.807) is 14.0 Å². The highest BCUT2D eigenvalue weighted by Crippen LogP contribution is 2.21. The van der Waals surface area contributed by atoms with Crippen molar-refractivity contribution in [1.82, 2.24) is 10.2 Å². The summed E-state index contributed by atoms with van der Waals surface area (Å²) in [6.07, 6.45) is 1.00. The van der Waals surface area contributed by atoms with Crippen molar-refractivity contribution >= 4 is 12.0 Å². The number of hydrogen-bond acceptors (Lipinski definition) is 5. The van der Waals surface area contributed by atoms with Gasteiger partial charge in [-0.05, 0) is 6.92 Å². The Morgan fingerprint density at radius 2 is 2.05 bits per heavy atom. The van der Waals surface area contributed by atoms with Crippen molar-refractivity contribution in [3.63, 3.8) is 0 Å². The first-order valence-corrected chi connectivity index (χ1v) is 6.41. The van der Waals surface area contributed by atoms with E-state index in [2.05, 4.69) is 5.32 Å². The highest BCUT2D eigenvalue weighted by Gasteiger charge is 2.32. The molecule has 0 bridgehead atoms. The fourth-order valence-electron chi connectivity index (χ4n) is 1.92. The Bertz CT molecular complexity index is 315. The molecule has 0 aliphatic carbocycles. The second-order valence-corrected chi connectivity index (χ2v) is 4.66. The van der Waals surface area contributed by atoms with E-state index in [4.69, 9.17) is 9.47 Å². The molecule has 7 heteroatoms. The first-order chi connectivity index (χ1) is 8.97. The van der Waals surface area contributed by atoms with Gasteiger partial charge in [0.05, 0.1) is 18.8 Å². The highest BCUT2D eigenvalue weighted by atomic mass is 16.5. The van der Waals surface area contributed by atoms with Gasteiger partial charge in [-0.25, -0.2) is 4.79 Å². The third-order valence-electron chi connectivity index (χ3n) is 2.99. The Kier molecular flexibility index (Phi) is 6.04. The number of nitrogens with zero attached hydrogens (tertiary/aromatic N) is 1. The second kappa shape index (κ2) is 7.30. The zero-order valence-corrected chi connectivity index (χ0v) is 11.5. The van der Waals surface area contributed by atoms with Gasteiger partial charge in [0.2, 0.25) is 0 Å². The second-order valence-electron chi connectivity index (χ2n) is 4.66. The largest absolute Gasteiger partial charge is 0.465 e. The van der Waals surface area contributed by atoms with Crippen molar-refractivity contribution in [3.05, 3.63) is 0 Å². The molecule has 0 aromatic rings. The van der Waals surface area contributed by atoms with E-state index in [0.29, 0.717) is 26.1 Å². The van der Waals surface area contributed by atoms with Gasteiger partial charge in [0.15, 0.2) is 0 Å². The number of nitrogens with one attached hydrogen (secondary N) is 1. The van der Waals surface area contributed by atoms with Crippen LogP contribution in [0.2, 0.25) is 0 Å². The van der Waals surface area contributed by atoms with Crippen LogP contribution in [-0.4, -0.2) is 67.6 Å². The van der Waals surface area contributed by atoms with Crippen molar-refractivity contribution in [2.24, 2.45) is 0 Å². The quantitative estimate of drug-likeness (QED) is 0.674. The molecule has 0 aromatic heterocycles. The van der Waals surface area contributed by atoms with Crippen molar-refractivity contribution in [2.75, 3.05) is 40.0 Å². The summed E-state index contributed by atoms with van der Waals surface area (Å²) in [5, 5.41) is 12.7. The lowest BCUT2D eigenvalue weighted by molar-refractivity contribution is -0.141. The number of carbonyl (C=O) groups excluding carboxylic acids is 2. The van der Waals surface area contributed by atoms with Gasteiger partial charge in [0.1, 0.15) is 6.54 Å². The molecule has 110 valence electrons. The number of likely N-dealkylation sites (N-methyl/N-ethyl adjacent to an activating group) is 1. The lowest BCUT2D eigenvalue weighted by Gasteiger charge is -2.35. The number of esters is 1. The van der Waals surface area contributed by atoms with E-state index in [9.17, 15) is 14.7 Å². The lowest BCUT2D eigenvalue weighted by Crippen LogP contribution is -2.50. The van der Waals surface area contributed by atoms with Gasteiger partial charge < -0.3 is 24.8 Å². The third kappa shape index (κ3) is 5.44. The lowest BCUT2D eigenvalue weighted by atomic mass is 9.94. The molecule has 2 N–H and O–H groups in total. The van der Waals surface area contributed by atoms with Crippen LogP contribution in [0.4, 0.5) is 4.79 Å². The summed E-state index contributed by atoms with van der Waals surface area (Å²) in [6.45, 7) is 3.02. The monoisotopic (exact) mass is 274 g/mol. The molecule has 2 amide bonds. The highest BCUT2D eigenvalue weighted by molar-refractivity contribution is 5.80. The summed E-state index contributed by atoms with van der Waals surface area (Å²) in [5.74, 6) is -0.478. The van der Waals surface area contributed by atoms with Crippen molar-refractivity contribution in [1.29, 1.82) is 0 Å². The van der Waals surface area contributed by atoms with Crippen LogP contribution in [0.15, 0.2) is 0 Å². The molecule has 1 rings (SSSR count). The zero-order valence-electron chi connectivity index (χ0n) is 11.5. The van der Waals surface area contributed by atoms with E-state index < -0.39 is 17.6 Å². The molecule has 0 unspecified atom stereocenters. The predicted octanol–water partition coefficient (Wildman–Crippen LogP) is -0.268. The summed E-state index contributed by atoms with van der Waals surface area (Å²) in [6, 6.07) is -0.409. The van der Waals surface area contributed by atoms with E-state index in [-0.39, 0.29) is 19.7 Å². The third-order valence-corrected chi connectivity index (χ3v) is 2.99. The minimum atomic E-state index is -0.908. The van der Waals surface area contributed by atoms with E-state index >= 15 is 0 Å². The summed E-state index contributed by atoms with van der Waals surface area (Å²) >= 11 is 0. The Balaban J connectivity index is 2.33. The number of urea groups is 1. The molecule has 1 aliphatic rings. The van der Waals surface area contributed by atoms with E-state index in [1.165, 1.54) is 4.90 Å². The molecule has 0 aromatic carbocycles. The van der Waals surface area contributed by atoms with Crippen LogP contribution < -0.4 is 5.32 Å². The minimum absolute atomic E-state index is 0.168. The van der Waals surface area contributed by atoms with Crippen LogP contribution in [0.1, 0.15) is 19.8 Å². The van der Waals surface area contributed by atoms with Gasteiger partial charge in [-0.3, -0.25) is 4.79 Å². The zero-order chi connectivity index (χ0) is 14.3. The molecule has 0 radical (unpaired) electrons. The van der Waals surface area contributed by atoms with Crippen LogP contribution in [0, 0.1) is 0 Å². The molecule has 1 saturated heterocycles. The maximum Gasteiger partial charge on any atom is 0.325 e. The summed E-state index contributed by atoms with van der Waals surface area (Å²) in [4.78, 5) is 24.2. The number of ether oxygens (including phenoxy) is 2. The van der Waals surface area contributed by atoms with Crippen molar-refractivity contribution in [2.45, 2.75) is 25.4 Å². The van der Waals surface area contributed by atoms with Gasteiger partial charge in [0, 0.05) is 33.1 Å². The number of aliphatic hydroxyl groups is 1. The van der Waals surface area contributed by atoms with Gasteiger partial charge in [-0.2, -0.15) is 0 Å². The molecule has 1 aliphatic heterocycles. The predicted molar refractivity (Wildman–Crippen MR) is 67.7 cm³/mol. The van der Waals surface area contributed by atoms with E-state index in [0.717, 1.165) is 0 Å². The number of hydrogen-bond donors (Lipinski definition) is 2. The van der Waals surface area contributed by atoms with Crippen LogP contribution in [0.5, 0.6) is 0 Å². The molecular formula is C12H22N2O5. The van der Waals surface area contributed by atoms with Crippen LogP contribution in [0.3, 0.4) is 0 Å². The smallest absolute Gasteiger partial charge is 0.325 e. The Labute approximate surface area is 112 Å². The Hall–Kier alpha value is -1.34. The number of rotatable bonds is 5. The number of carbonyl (C=O) groups is 2. The maximum atomic E-state index is 11.7. The van der Waals surface area contributed by atoms with Crippen molar-refractivity contribution < 1.29 is 24.2 Å². The molecule has 0 atom stereocenters. The molecular weight excluding hydrogens is 252 g/mol. The molecule has 7 nitrogen and oxygen atoms in total. The minimum Gasteiger partial charge on any atom is -0.465 e. The molecule has 0 saturated carbocycles.